The maximum Gasteiger partial charge on any atom is 0.241 e. The lowest BCUT2D eigenvalue weighted by molar-refractivity contribution is -0.143. The highest BCUT2D eigenvalue weighted by atomic mass is 79.9. The van der Waals surface area contributed by atoms with E-state index < -0.39 is 0 Å². The second-order valence-electron chi connectivity index (χ2n) is 3.19. The molecule has 13 heavy (non-hydrogen) atoms. The molecule has 0 spiro atoms. The Bertz CT molecular complexity index is 230. The van der Waals surface area contributed by atoms with Gasteiger partial charge in [0.1, 0.15) is 0 Å². The monoisotopic (exact) mass is 248 g/mol. The van der Waals surface area contributed by atoms with Crippen molar-refractivity contribution in [2.45, 2.75) is 11.8 Å². The molecule has 1 heterocycles. The van der Waals surface area contributed by atoms with Crippen LogP contribution >= 0.6 is 15.9 Å². The molecule has 1 aliphatic rings. The first-order chi connectivity index (χ1) is 6.02. The fourth-order valence-electron chi connectivity index (χ4n) is 1.20. The Morgan fingerprint density at radius 1 is 1.54 bits per heavy atom. The summed E-state index contributed by atoms with van der Waals surface area (Å²) in [6.45, 7) is 3.25. The van der Waals surface area contributed by atoms with Gasteiger partial charge in [-0.25, -0.2) is 0 Å². The largest absolute Gasteiger partial charge is 0.342 e. The SMILES string of the molecule is CC(Br)C(=O)N1CCN(C)C(=O)C1. The van der Waals surface area contributed by atoms with Crippen molar-refractivity contribution >= 4 is 27.7 Å². The van der Waals surface area contributed by atoms with Gasteiger partial charge in [0.15, 0.2) is 0 Å². The molecule has 0 aliphatic carbocycles. The van der Waals surface area contributed by atoms with Gasteiger partial charge in [-0.2, -0.15) is 0 Å². The first-order valence-electron chi connectivity index (χ1n) is 4.19. The second kappa shape index (κ2) is 4.09. The zero-order valence-corrected chi connectivity index (χ0v) is 9.37. The molecule has 1 saturated heterocycles. The van der Waals surface area contributed by atoms with Gasteiger partial charge in [-0.1, -0.05) is 15.9 Å². The number of piperazine rings is 1. The van der Waals surface area contributed by atoms with E-state index >= 15 is 0 Å². The summed E-state index contributed by atoms with van der Waals surface area (Å²) >= 11 is 3.19. The Labute approximate surface area is 86.0 Å². The third-order valence-corrected chi connectivity index (χ3v) is 2.50. The van der Waals surface area contributed by atoms with Gasteiger partial charge in [-0.15, -0.1) is 0 Å². The van der Waals surface area contributed by atoms with Crippen LogP contribution in [-0.2, 0) is 9.59 Å². The molecule has 0 aromatic heterocycles. The first kappa shape index (κ1) is 10.5. The number of likely N-dealkylation sites (N-methyl/N-ethyl adjacent to an activating group) is 1. The van der Waals surface area contributed by atoms with E-state index in [9.17, 15) is 9.59 Å². The number of carbonyl (C=O) groups is 2. The van der Waals surface area contributed by atoms with Crippen molar-refractivity contribution in [1.29, 1.82) is 0 Å². The average Bonchev–Trinajstić information content (AvgIpc) is 2.08. The second-order valence-corrected chi connectivity index (χ2v) is 4.56. The minimum atomic E-state index is -0.205. The number of halogens is 1. The summed E-state index contributed by atoms with van der Waals surface area (Å²) in [4.78, 5) is 25.7. The molecule has 1 unspecified atom stereocenters. The number of nitrogens with zero attached hydrogens (tertiary/aromatic N) is 2. The van der Waals surface area contributed by atoms with Crippen LogP contribution in [0.4, 0.5) is 0 Å². The highest BCUT2D eigenvalue weighted by Gasteiger charge is 2.26. The Morgan fingerprint density at radius 3 is 2.62 bits per heavy atom. The van der Waals surface area contributed by atoms with Gasteiger partial charge < -0.3 is 9.80 Å². The number of rotatable bonds is 1. The van der Waals surface area contributed by atoms with Crippen LogP contribution in [0.15, 0.2) is 0 Å². The van der Waals surface area contributed by atoms with Crippen LogP contribution in [0.3, 0.4) is 0 Å². The highest BCUT2D eigenvalue weighted by molar-refractivity contribution is 9.10. The lowest BCUT2D eigenvalue weighted by Gasteiger charge is -2.32. The van der Waals surface area contributed by atoms with Gasteiger partial charge in [-0.05, 0) is 6.92 Å². The number of hydrogen-bond donors (Lipinski definition) is 0. The number of amides is 2. The summed E-state index contributed by atoms with van der Waals surface area (Å²) in [7, 11) is 1.75. The molecule has 0 saturated carbocycles. The third kappa shape index (κ3) is 2.43. The summed E-state index contributed by atoms with van der Waals surface area (Å²) < 4.78 is 0. The molecule has 0 aromatic rings. The molecule has 1 fully saturated rings. The van der Waals surface area contributed by atoms with Crippen molar-refractivity contribution in [3.63, 3.8) is 0 Å². The van der Waals surface area contributed by atoms with Crippen molar-refractivity contribution < 1.29 is 9.59 Å². The van der Waals surface area contributed by atoms with Gasteiger partial charge in [0.05, 0.1) is 11.4 Å². The Balaban J connectivity index is 2.55. The van der Waals surface area contributed by atoms with Crippen LogP contribution in [0.5, 0.6) is 0 Å². The van der Waals surface area contributed by atoms with Gasteiger partial charge in [0.25, 0.3) is 0 Å². The van der Waals surface area contributed by atoms with Crippen molar-refractivity contribution in [3.8, 4) is 0 Å². The number of carbonyl (C=O) groups excluding carboxylic acids is 2. The smallest absolute Gasteiger partial charge is 0.241 e. The standard InChI is InChI=1S/C8H13BrN2O2/c1-6(9)8(13)11-4-3-10(2)7(12)5-11/h6H,3-5H2,1-2H3. The molecule has 0 radical (unpaired) electrons. The fourth-order valence-corrected chi connectivity index (χ4v) is 1.49. The van der Waals surface area contributed by atoms with Gasteiger partial charge in [0, 0.05) is 20.1 Å². The summed E-state index contributed by atoms with van der Waals surface area (Å²) in [6, 6.07) is 0. The predicted octanol–water partition coefficient (Wildman–Crippen LogP) is 0.0704. The Morgan fingerprint density at radius 2 is 2.15 bits per heavy atom. The zero-order valence-electron chi connectivity index (χ0n) is 7.79. The maximum absolute atomic E-state index is 11.5. The molecule has 74 valence electrons. The van der Waals surface area contributed by atoms with Gasteiger partial charge in [-0.3, -0.25) is 9.59 Å². The van der Waals surface area contributed by atoms with Crippen LogP contribution in [0.2, 0.25) is 0 Å². The minimum Gasteiger partial charge on any atom is -0.342 e. The van der Waals surface area contributed by atoms with Crippen molar-refractivity contribution in [2.75, 3.05) is 26.7 Å². The van der Waals surface area contributed by atoms with Crippen molar-refractivity contribution in [3.05, 3.63) is 0 Å². The topological polar surface area (TPSA) is 40.6 Å². The average molecular weight is 249 g/mol. The lowest BCUT2D eigenvalue weighted by Crippen LogP contribution is -2.52. The van der Waals surface area contributed by atoms with E-state index in [1.807, 2.05) is 0 Å². The fraction of sp³-hybridized carbons (Fsp3) is 0.750. The normalized spacial score (nSPS) is 20.4. The molecular formula is C8H13BrN2O2. The van der Waals surface area contributed by atoms with Gasteiger partial charge >= 0.3 is 0 Å². The Kier molecular flexibility index (Phi) is 3.30. The molecule has 4 nitrogen and oxygen atoms in total. The molecule has 0 bridgehead atoms. The van der Waals surface area contributed by atoms with E-state index in [2.05, 4.69) is 15.9 Å². The van der Waals surface area contributed by atoms with Crippen LogP contribution < -0.4 is 0 Å². The highest BCUT2D eigenvalue weighted by Crippen LogP contribution is 2.07. The van der Waals surface area contributed by atoms with E-state index in [0.29, 0.717) is 13.1 Å². The number of alkyl halides is 1. The zero-order chi connectivity index (χ0) is 10.0. The van der Waals surface area contributed by atoms with Crippen LogP contribution in [0.1, 0.15) is 6.92 Å². The molecule has 5 heteroatoms. The lowest BCUT2D eigenvalue weighted by atomic mass is 10.3. The molecular weight excluding hydrogens is 236 g/mol. The molecule has 1 atom stereocenters. The van der Waals surface area contributed by atoms with E-state index in [0.717, 1.165) is 0 Å². The maximum atomic E-state index is 11.5. The number of hydrogen-bond acceptors (Lipinski definition) is 2. The van der Waals surface area contributed by atoms with Crippen LogP contribution in [-0.4, -0.2) is 53.1 Å². The molecule has 1 rings (SSSR count). The molecule has 0 N–H and O–H groups in total. The predicted molar refractivity (Wildman–Crippen MR) is 52.6 cm³/mol. The summed E-state index contributed by atoms with van der Waals surface area (Å²) in [6.07, 6.45) is 0. The van der Waals surface area contributed by atoms with Crippen LogP contribution in [0.25, 0.3) is 0 Å². The molecule has 0 aromatic carbocycles. The molecule has 2 amide bonds. The van der Waals surface area contributed by atoms with Crippen molar-refractivity contribution in [1.82, 2.24) is 9.80 Å². The van der Waals surface area contributed by atoms with Crippen molar-refractivity contribution in [2.24, 2.45) is 0 Å². The summed E-state index contributed by atoms with van der Waals surface area (Å²) in [5.41, 5.74) is 0. The van der Waals surface area contributed by atoms with E-state index in [1.165, 1.54) is 0 Å². The summed E-state index contributed by atoms with van der Waals surface area (Å²) in [5, 5.41) is 0. The van der Waals surface area contributed by atoms with E-state index in [-0.39, 0.29) is 23.2 Å². The summed E-state index contributed by atoms with van der Waals surface area (Å²) in [5.74, 6) is -0.00537. The van der Waals surface area contributed by atoms with E-state index in [4.69, 9.17) is 0 Å². The first-order valence-corrected chi connectivity index (χ1v) is 5.10. The van der Waals surface area contributed by atoms with Crippen LogP contribution in [0, 0.1) is 0 Å². The minimum absolute atomic E-state index is 0.00718. The third-order valence-electron chi connectivity index (χ3n) is 2.11. The van der Waals surface area contributed by atoms with Gasteiger partial charge in [0.2, 0.25) is 11.8 Å². The quantitative estimate of drug-likeness (QED) is 0.617. The molecule has 1 aliphatic heterocycles. The van der Waals surface area contributed by atoms with E-state index in [1.54, 1.807) is 23.8 Å². The Hall–Kier alpha value is -0.580.